The number of hydrogen-bond acceptors (Lipinski definition) is 9. The van der Waals surface area contributed by atoms with Crippen molar-refractivity contribution in [1.29, 1.82) is 0 Å². The lowest BCUT2D eigenvalue weighted by molar-refractivity contribution is -0.384. The zero-order valence-electron chi connectivity index (χ0n) is 17.4. The third-order valence-corrected chi connectivity index (χ3v) is 4.15. The third-order valence-electron chi connectivity index (χ3n) is 4.15. The predicted molar refractivity (Wildman–Crippen MR) is 114 cm³/mol. The molecule has 0 atom stereocenters. The second-order valence-corrected chi connectivity index (χ2v) is 6.33. The van der Waals surface area contributed by atoms with Gasteiger partial charge >= 0.3 is 11.9 Å². The minimum absolute atomic E-state index is 0.0956. The van der Waals surface area contributed by atoms with Gasteiger partial charge in [-0.3, -0.25) is 24.6 Å². The number of esters is 2. The monoisotopic (exact) mass is 445 g/mol. The fourth-order valence-corrected chi connectivity index (χ4v) is 2.71. The van der Waals surface area contributed by atoms with Gasteiger partial charge in [0.25, 0.3) is 11.6 Å². The molecule has 0 aliphatic carbocycles. The summed E-state index contributed by atoms with van der Waals surface area (Å²) < 4.78 is 9.98. The van der Waals surface area contributed by atoms with Gasteiger partial charge in [-0.15, -0.1) is 0 Å². The SMILES string of the molecule is CCOC(=O)CN(C(=O)COC(=O)c1cc([N+](=O)[O-])ccc1NCCO)c1ccccc1. The summed E-state index contributed by atoms with van der Waals surface area (Å²) in [5.74, 6) is -2.30. The second-order valence-electron chi connectivity index (χ2n) is 6.33. The van der Waals surface area contributed by atoms with Crippen LogP contribution in [0, 0.1) is 10.1 Å². The van der Waals surface area contributed by atoms with Crippen LogP contribution in [-0.4, -0.2) is 60.8 Å². The Morgan fingerprint density at radius 1 is 1.12 bits per heavy atom. The molecule has 0 heterocycles. The van der Waals surface area contributed by atoms with Crippen LogP contribution in [0.2, 0.25) is 0 Å². The number of rotatable bonds is 11. The van der Waals surface area contributed by atoms with Crippen molar-refractivity contribution in [3.63, 3.8) is 0 Å². The smallest absolute Gasteiger partial charge is 0.341 e. The summed E-state index contributed by atoms with van der Waals surface area (Å²) in [4.78, 5) is 48.7. The average molecular weight is 445 g/mol. The van der Waals surface area contributed by atoms with Crippen LogP contribution in [-0.2, 0) is 19.1 Å². The minimum Gasteiger partial charge on any atom is -0.465 e. The summed E-state index contributed by atoms with van der Waals surface area (Å²) in [5.41, 5.74) is 0.0962. The Morgan fingerprint density at radius 3 is 2.47 bits per heavy atom. The molecule has 11 heteroatoms. The van der Waals surface area contributed by atoms with E-state index in [9.17, 15) is 24.5 Å². The lowest BCUT2D eigenvalue weighted by atomic mass is 10.1. The molecule has 2 aromatic rings. The molecule has 1 amide bonds. The molecule has 11 nitrogen and oxygen atoms in total. The molecule has 0 aromatic heterocycles. The lowest BCUT2D eigenvalue weighted by Crippen LogP contribution is -2.39. The largest absolute Gasteiger partial charge is 0.465 e. The summed E-state index contributed by atoms with van der Waals surface area (Å²) in [5, 5.41) is 22.8. The van der Waals surface area contributed by atoms with Crippen molar-refractivity contribution in [1.82, 2.24) is 0 Å². The van der Waals surface area contributed by atoms with Gasteiger partial charge in [0.2, 0.25) is 0 Å². The van der Waals surface area contributed by atoms with Crippen LogP contribution in [0.3, 0.4) is 0 Å². The number of aliphatic hydroxyl groups excluding tert-OH is 1. The van der Waals surface area contributed by atoms with Gasteiger partial charge in [-0.1, -0.05) is 18.2 Å². The van der Waals surface area contributed by atoms with Crippen LogP contribution < -0.4 is 10.2 Å². The van der Waals surface area contributed by atoms with E-state index in [0.29, 0.717) is 5.69 Å². The molecular weight excluding hydrogens is 422 g/mol. The minimum atomic E-state index is -0.980. The molecule has 32 heavy (non-hydrogen) atoms. The molecule has 0 aliphatic heterocycles. The number of aliphatic hydroxyl groups is 1. The third kappa shape index (κ3) is 6.77. The molecule has 0 saturated heterocycles. The van der Waals surface area contributed by atoms with E-state index < -0.39 is 29.4 Å². The Bertz CT molecular complexity index is 965. The van der Waals surface area contributed by atoms with E-state index >= 15 is 0 Å². The highest BCUT2D eigenvalue weighted by Gasteiger charge is 2.23. The maximum atomic E-state index is 12.7. The zero-order valence-corrected chi connectivity index (χ0v) is 17.4. The molecular formula is C21H23N3O8. The van der Waals surface area contributed by atoms with Gasteiger partial charge in [-0.05, 0) is 25.1 Å². The highest BCUT2D eigenvalue weighted by molar-refractivity contribution is 6.01. The molecule has 0 aliphatic rings. The fourth-order valence-electron chi connectivity index (χ4n) is 2.71. The van der Waals surface area contributed by atoms with Crippen molar-refractivity contribution in [3.8, 4) is 0 Å². The van der Waals surface area contributed by atoms with E-state index in [1.54, 1.807) is 37.3 Å². The standard InChI is InChI=1S/C21H23N3O8/c1-2-31-20(27)13-23(15-6-4-3-5-7-15)19(26)14-32-21(28)17-12-16(24(29)30)8-9-18(17)22-10-11-25/h3-9,12,22,25H,2,10-11,13-14H2,1H3. The quantitative estimate of drug-likeness (QED) is 0.300. The van der Waals surface area contributed by atoms with Gasteiger partial charge in [-0.2, -0.15) is 0 Å². The van der Waals surface area contributed by atoms with E-state index in [1.165, 1.54) is 12.1 Å². The molecule has 0 spiro atoms. The summed E-state index contributed by atoms with van der Waals surface area (Å²) in [7, 11) is 0. The Morgan fingerprint density at radius 2 is 1.84 bits per heavy atom. The van der Waals surface area contributed by atoms with Crippen molar-refractivity contribution >= 4 is 34.9 Å². The maximum absolute atomic E-state index is 12.7. The fraction of sp³-hybridized carbons (Fsp3) is 0.286. The first-order valence-electron chi connectivity index (χ1n) is 9.68. The summed E-state index contributed by atoms with van der Waals surface area (Å²) in [6.07, 6.45) is 0. The maximum Gasteiger partial charge on any atom is 0.341 e. The van der Waals surface area contributed by atoms with E-state index in [1.807, 2.05) is 0 Å². The van der Waals surface area contributed by atoms with E-state index in [-0.39, 0.29) is 43.2 Å². The van der Waals surface area contributed by atoms with Crippen LogP contribution in [0.25, 0.3) is 0 Å². The number of ether oxygens (including phenoxy) is 2. The van der Waals surface area contributed by atoms with Crippen molar-refractivity contribution < 1.29 is 33.9 Å². The molecule has 2 N–H and O–H groups in total. The van der Waals surface area contributed by atoms with Crippen molar-refractivity contribution in [2.75, 3.05) is 43.1 Å². The average Bonchev–Trinajstić information content (AvgIpc) is 2.80. The van der Waals surface area contributed by atoms with Crippen LogP contribution in [0.5, 0.6) is 0 Å². The number of nitrogens with one attached hydrogen (secondary N) is 1. The molecule has 0 bridgehead atoms. The number of hydrogen-bond donors (Lipinski definition) is 2. The number of carbonyl (C=O) groups excluding carboxylic acids is 3. The topological polar surface area (TPSA) is 148 Å². The number of para-hydroxylation sites is 1. The van der Waals surface area contributed by atoms with Crippen molar-refractivity contribution in [3.05, 3.63) is 64.2 Å². The van der Waals surface area contributed by atoms with Gasteiger partial charge in [0.05, 0.1) is 23.7 Å². The first kappa shape index (κ1) is 24.3. The number of nitro benzene ring substituents is 1. The molecule has 2 aromatic carbocycles. The number of non-ortho nitro benzene ring substituents is 1. The van der Waals surface area contributed by atoms with Crippen molar-refractivity contribution in [2.24, 2.45) is 0 Å². The van der Waals surface area contributed by atoms with Gasteiger partial charge in [0.15, 0.2) is 6.61 Å². The number of nitrogens with zero attached hydrogens (tertiary/aromatic N) is 2. The molecule has 0 fully saturated rings. The molecule has 170 valence electrons. The lowest BCUT2D eigenvalue weighted by Gasteiger charge is -2.21. The van der Waals surface area contributed by atoms with Gasteiger partial charge in [-0.25, -0.2) is 4.79 Å². The summed E-state index contributed by atoms with van der Waals surface area (Å²) in [6, 6.07) is 11.8. The van der Waals surface area contributed by atoms with Crippen molar-refractivity contribution in [2.45, 2.75) is 6.92 Å². The highest BCUT2D eigenvalue weighted by Crippen LogP contribution is 2.23. The van der Waals surface area contributed by atoms with E-state index in [2.05, 4.69) is 5.32 Å². The first-order chi connectivity index (χ1) is 15.4. The van der Waals surface area contributed by atoms with E-state index in [4.69, 9.17) is 14.6 Å². The van der Waals surface area contributed by atoms with E-state index in [0.717, 1.165) is 11.0 Å². The molecule has 0 unspecified atom stereocenters. The Balaban J connectivity index is 2.18. The Labute approximate surface area is 183 Å². The highest BCUT2D eigenvalue weighted by atomic mass is 16.6. The Hall–Kier alpha value is -3.99. The molecule has 0 saturated carbocycles. The van der Waals surface area contributed by atoms with Gasteiger partial charge < -0.3 is 19.9 Å². The van der Waals surface area contributed by atoms with Crippen LogP contribution in [0.1, 0.15) is 17.3 Å². The number of benzene rings is 2. The van der Waals surface area contributed by atoms with Crippen LogP contribution in [0.15, 0.2) is 48.5 Å². The normalized spacial score (nSPS) is 10.2. The number of amides is 1. The van der Waals surface area contributed by atoms with Crippen LogP contribution in [0.4, 0.5) is 17.1 Å². The zero-order chi connectivity index (χ0) is 23.5. The van der Waals surface area contributed by atoms with Crippen LogP contribution >= 0.6 is 0 Å². The Kier molecular flexibility index (Phi) is 9.11. The number of nitro groups is 1. The first-order valence-corrected chi connectivity index (χ1v) is 9.68. The van der Waals surface area contributed by atoms with Gasteiger partial charge in [0.1, 0.15) is 6.54 Å². The summed E-state index contributed by atoms with van der Waals surface area (Å²) >= 11 is 0. The number of carbonyl (C=O) groups is 3. The number of anilines is 2. The summed E-state index contributed by atoms with van der Waals surface area (Å²) in [6.45, 7) is 0.544. The molecule has 0 radical (unpaired) electrons. The second kappa shape index (κ2) is 12.0. The van der Waals surface area contributed by atoms with Gasteiger partial charge in [0, 0.05) is 30.1 Å². The predicted octanol–water partition coefficient (Wildman–Crippen LogP) is 1.75. The molecule has 2 rings (SSSR count).